The minimum Gasteiger partial charge on any atom is -0.364 e. The van der Waals surface area contributed by atoms with Gasteiger partial charge in [-0.25, -0.2) is 0 Å². The number of rotatable bonds is 2. The van der Waals surface area contributed by atoms with Crippen LogP contribution < -0.4 is 0 Å². The Hall–Kier alpha value is -1.58. The van der Waals surface area contributed by atoms with Gasteiger partial charge in [-0.05, 0) is 16.4 Å². The van der Waals surface area contributed by atoms with Crippen molar-refractivity contribution >= 4 is 0 Å². The number of hydrogen-bond acceptors (Lipinski definition) is 3. The molecule has 0 aliphatic heterocycles. The van der Waals surface area contributed by atoms with Crippen LogP contribution in [0.4, 0.5) is 0 Å². The van der Waals surface area contributed by atoms with E-state index in [1.54, 1.807) is 6.26 Å². The number of nitrogens with zero attached hydrogens (tertiary/aromatic N) is 3. The molecule has 2 heterocycles. The molecule has 4 heteroatoms. The molecule has 2 rings (SSSR count). The second-order valence-electron chi connectivity index (χ2n) is 7.10. The van der Waals surface area contributed by atoms with Crippen LogP contribution in [-0.2, 0) is 17.4 Å². The van der Waals surface area contributed by atoms with Gasteiger partial charge < -0.3 is 4.52 Å². The van der Waals surface area contributed by atoms with Gasteiger partial charge in [0.25, 0.3) is 0 Å². The Morgan fingerprint density at radius 2 is 1.79 bits per heavy atom. The summed E-state index contributed by atoms with van der Waals surface area (Å²) in [6.45, 7) is 13.7. The summed E-state index contributed by atoms with van der Waals surface area (Å²) in [7, 11) is 0. The van der Waals surface area contributed by atoms with Crippen molar-refractivity contribution in [3.8, 4) is 0 Å². The van der Waals surface area contributed by atoms with Gasteiger partial charge in [-0.1, -0.05) is 46.7 Å². The van der Waals surface area contributed by atoms with Gasteiger partial charge in [-0.2, -0.15) is 5.10 Å². The molecule has 0 atom stereocenters. The molecule has 0 unspecified atom stereocenters. The predicted octanol–water partition coefficient (Wildman–Crippen LogP) is 3.51. The fourth-order valence-corrected chi connectivity index (χ4v) is 1.97. The molecule has 0 saturated heterocycles. The summed E-state index contributed by atoms with van der Waals surface area (Å²) in [5, 5.41) is 8.53. The maximum Gasteiger partial charge on any atom is 0.127 e. The fraction of sp³-hybridized carbons (Fsp3) is 0.600. The molecular weight excluding hydrogens is 238 g/mol. The van der Waals surface area contributed by atoms with E-state index in [0.29, 0.717) is 6.54 Å². The third-order valence-electron chi connectivity index (χ3n) is 3.26. The highest BCUT2D eigenvalue weighted by molar-refractivity contribution is 5.24. The maximum atomic E-state index is 5.13. The minimum absolute atomic E-state index is 0.0370. The Balaban J connectivity index is 2.23. The molecular formula is C15H23N3O. The van der Waals surface area contributed by atoms with Crippen LogP contribution >= 0.6 is 0 Å². The molecule has 0 N–H and O–H groups in total. The van der Waals surface area contributed by atoms with E-state index < -0.39 is 0 Å². The van der Waals surface area contributed by atoms with E-state index >= 15 is 0 Å². The molecule has 2 aromatic heterocycles. The van der Waals surface area contributed by atoms with Crippen molar-refractivity contribution in [1.82, 2.24) is 14.9 Å². The van der Waals surface area contributed by atoms with Gasteiger partial charge in [0.1, 0.15) is 12.0 Å². The average Bonchev–Trinajstić information content (AvgIpc) is 2.84. The highest BCUT2D eigenvalue weighted by atomic mass is 16.5. The lowest BCUT2D eigenvalue weighted by Gasteiger charge is -2.17. The Kier molecular flexibility index (Phi) is 3.29. The predicted molar refractivity (Wildman–Crippen MR) is 75.2 cm³/mol. The summed E-state index contributed by atoms with van der Waals surface area (Å²) < 4.78 is 7.05. The van der Waals surface area contributed by atoms with Gasteiger partial charge >= 0.3 is 0 Å². The Bertz CT molecular complexity index is 552. The first-order valence-electron chi connectivity index (χ1n) is 6.64. The monoisotopic (exact) mass is 261 g/mol. The van der Waals surface area contributed by atoms with Gasteiger partial charge in [0.15, 0.2) is 0 Å². The fourth-order valence-electron chi connectivity index (χ4n) is 1.97. The summed E-state index contributed by atoms with van der Waals surface area (Å²) in [6, 6.07) is 0. The maximum absolute atomic E-state index is 5.13. The van der Waals surface area contributed by atoms with Gasteiger partial charge in [-0.15, -0.1) is 0 Å². The molecule has 0 amide bonds. The van der Waals surface area contributed by atoms with Crippen molar-refractivity contribution in [1.29, 1.82) is 0 Å². The molecule has 2 aromatic rings. The molecule has 0 radical (unpaired) electrons. The third kappa shape index (κ3) is 3.06. The van der Waals surface area contributed by atoms with Crippen molar-refractivity contribution < 1.29 is 4.52 Å². The Morgan fingerprint density at radius 3 is 2.32 bits per heavy atom. The lowest BCUT2D eigenvalue weighted by molar-refractivity contribution is 0.406. The second-order valence-corrected chi connectivity index (χ2v) is 7.10. The highest BCUT2D eigenvalue weighted by Gasteiger charge is 2.22. The molecule has 0 aliphatic carbocycles. The quantitative estimate of drug-likeness (QED) is 0.830. The van der Waals surface area contributed by atoms with Crippen molar-refractivity contribution in [2.75, 3.05) is 0 Å². The van der Waals surface area contributed by atoms with E-state index in [1.165, 1.54) is 5.56 Å². The molecule has 19 heavy (non-hydrogen) atoms. The van der Waals surface area contributed by atoms with Gasteiger partial charge in [0.2, 0.25) is 0 Å². The SMILES string of the molecule is CC(C)(C)c1cnn(Cc2nocc2C(C)(C)C)c1. The molecule has 104 valence electrons. The van der Waals surface area contributed by atoms with Crippen LogP contribution in [0, 0.1) is 0 Å². The average molecular weight is 261 g/mol. The molecule has 0 saturated carbocycles. The van der Waals surface area contributed by atoms with Crippen LogP contribution in [0.5, 0.6) is 0 Å². The number of aromatic nitrogens is 3. The van der Waals surface area contributed by atoms with E-state index in [4.69, 9.17) is 4.52 Å². The topological polar surface area (TPSA) is 43.9 Å². The van der Waals surface area contributed by atoms with E-state index in [1.807, 2.05) is 10.9 Å². The smallest absolute Gasteiger partial charge is 0.127 e. The summed E-state index contributed by atoms with van der Waals surface area (Å²) in [6.07, 6.45) is 5.75. The van der Waals surface area contributed by atoms with Gasteiger partial charge in [-0.3, -0.25) is 4.68 Å². The van der Waals surface area contributed by atoms with E-state index in [2.05, 4.69) is 58.0 Å². The van der Waals surface area contributed by atoms with Crippen LogP contribution in [-0.4, -0.2) is 14.9 Å². The van der Waals surface area contributed by atoms with Gasteiger partial charge in [0, 0.05) is 11.8 Å². The third-order valence-corrected chi connectivity index (χ3v) is 3.26. The first-order chi connectivity index (χ1) is 8.68. The normalized spacial score (nSPS) is 12.9. The van der Waals surface area contributed by atoms with Crippen molar-refractivity contribution in [3.05, 3.63) is 35.5 Å². The summed E-state index contributed by atoms with van der Waals surface area (Å²) >= 11 is 0. The van der Waals surface area contributed by atoms with Crippen LogP contribution in [0.3, 0.4) is 0 Å². The van der Waals surface area contributed by atoms with Crippen LogP contribution in [0.1, 0.15) is 58.4 Å². The summed E-state index contributed by atoms with van der Waals surface area (Å²) in [5.74, 6) is 0. The zero-order chi connectivity index (χ0) is 14.3. The summed E-state index contributed by atoms with van der Waals surface area (Å²) in [5.41, 5.74) is 3.48. The standard InChI is InChI=1S/C15H23N3O/c1-14(2,3)11-7-16-18(8-11)9-13-12(10-19-17-13)15(4,5)6/h7-8,10H,9H2,1-6H3. The molecule has 4 nitrogen and oxygen atoms in total. The zero-order valence-electron chi connectivity index (χ0n) is 12.7. The zero-order valence-corrected chi connectivity index (χ0v) is 12.7. The molecule has 0 aliphatic rings. The van der Waals surface area contributed by atoms with Crippen molar-refractivity contribution in [3.63, 3.8) is 0 Å². The molecule has 0 aromatic carbocycles. The lowest BCUT2D eigenvalue weighted by atomic mass is 9.87. The molecule has 0 spiro atoms. The summed E-state index contributed by atoms with van der Waals surface area (Å²) in [4.78, 5) is 0. The largest absolute Gasteiger partial charge is 0.364 e. The Morgan fingerprint density at radius 1 is 1.11 bits per heavy atom. The minimum atomic E-state index is 0.0370. The van der Waals surface area contributed by atoms with Crippen LogP contribution in [0.15, 0.2) is 23.2 Å². The van der Waals surface area contributed by atoms with Crippen LogP contribution in [0.25, 0.3) is 0 Å². The van der Waals surface area contributed by atoms with E-state index in [9.17, 15) is 0 Å². The highest BCUT2D eigenvalue weighted by Crippen LogP contribution is 2.26. The number of hydrogen-bond donors (Lipinski definition) is 0. The van der Waals surface area contributed by atoms with Crippen LogP contribution in [0.2, 0.25) is 0 Å². The van der Waals surface area contributed by atoms with Crippen molar-refractivity contribution in [2.24, 2.45) is 0 Å². The lowest BCUT2D eigenvalue weighted by Crippen LogP contribution is -2.15. The molecule has 0 fully saturated rings. The van der Waals surface area contributed by atoms with Gasteiger partial charge in [0.05, 0.1) is 12.7 Å². The van der Waals surface area contributed by atoms with E-state index in [-0.39, 0.29) is 10.8 Å². The van der Waals surface area contributed by atoms with Crippen molar-refractivity contribution in [2.45, 2.75) is 58.9 Å². The first-order valence-corrected chi connectivity index (χ1v) is 6.64. The second kappa shape index (κ2) is 4.51. The van der Waals surface area contributed by atoms with E-state index in [0.717, 1.165) is 11.3 Å². The Labute approximate surface area is 114 Å². The molecule has 0 bridgehead atoms. The first kappa shape index (κ1) is 13.8.